The Morgan fingerprint density at radius 2 is 1.07 bits per heavy atom. The molecule has 0 spiro atoms. The van der Waals surface area contributed by atoms with Crippen LogP contribution in [0.15, 0.2) is 170 Å². The molecular formula is C52H34N4. The van der Waals surface area contributed by atoms with Crippen molar-refractivity contribution in [2.24, 2.45) is 0 Å². The van der Waals surface area contributed by atoms with E-state index in [-0.39, 0.29) is 0 Å². The average Bonchev–Trinajstić information content (AvgIpc) is 3.75. The normalized spacial score (nSPS) is 11.4. The third-order valence-electron chi connectivity index (χ3n) is 11.2. The second-order valence-electron chi connectivity index (χ2n) is 14.5. The molecule has 0 amide bonds. The average molecular weight is 715 g/mol. The monoisotopic (exact) mass is 714 g/mol. The van der Waals surface area contributed by atoms with E-state index in [0.29, 0.717) is 11.3 Å². The van der Waals surface area contributed by atoms with Crippen molar-refractivity contribution in [1.29, 1.82) is 5.26 Å². The van der Waals surface area contributed by atoms with Crippen LogP contribution in [0.5, 0.6) is 0 Å². The summed E-state index contributed by atoms with van der Waals surface area (Å²) in [4.78, 5) is 4.01. The molecule has 0 saturated carbocycles. The van der Waals surface area contributed by atoms with Crippen molar-refractivity contribution in [2.45, 2.75) is 13.8 Å². The molecule has 0 bridgehead atoms. The number of hydrogen-bond donors (Lipinski definition) is 0. The van der Waals surface area contributed by atoms with Crippen LogP contribution in [0.1, 0.15) is 16.7 Å². The summed E-state index contributed by atoms with van der Waals surface area (Å²) >= 11 is 0. The topological polar surface area (TPSA) is 38.0 Å². The molecule has 4 nitrogen and oxygen atoms in total. The van der Waals surface area contributed by atoms with E-state index in [1.807, 2.05) is 6.07 Å². The molecule has 0 radical (unpaired) electrons. The van der Waals surface area contributed by atoms with E-state index in [9.17, 15) is 5.26 Å². The molecule has 0 aliphatic rings. The minimum atomic E-state index is 0.503. The van der Waals surface area contributed by atoms with Crippen LogP contribution in [0.2, 0.25) is 0 Å². The summed E-state index contributed by atoms with van der Waals surface area (Å²) in [7, 11) is 0. The predicted molar refractivity (Wildman–Crippen MR) is 232 cm³/mol. The van der Waals surface area contributed by atoms with Gasteiger partial charge in [-0.15, -0.1) is 0 Å². The van der Waals surface area contributed by atoms with E-state index >= 15 is 0 Å². The van der Waals surface area contributed by atoms with Gasteiger partial charge in [-0.1, -0.05) is 121 Å². The van der Waals surface area contributed by atoms with Gasteiger partial charge in [-0.2, -0.15) is 5.26 Å². The number of hydrogen-bond acceptors (Lipinski definition) is 1. The fourth-order valence-corrected chi connectivity index (χ4v) is 8.65. The molecule has 2 heterocycles. The zero-order chi connectivity index (χ0) is 37.9. The molecule has 0 aliphatic heterocycles. The van der Waals surface area contributed by atoms with Gasteiger partial charge in [0.25, 0.3) is 0 Å². The highest BCUT2D eigenvalue weighted by Gasteiger charge is 2.23. The number of benzene rings is 8. The minimum absolute atomic E-state index is 0.503. The van der Waals surface area contributed by atoms with Gasteiger partial charge in [-0.05, 0) is 107 Å². The zero-order valence-electron chi connectivity index (χ0n) is 31.0. The maximum Gasteiger partial charge on any atom is 0.195 e. The van der Waals surface area contributed by atoms with Crippen LogP contribution >= 0.6 is 0 Å². The Morgan fingerprint density at radius 1 is 0.482 bits per heavy atom. The van der Waals surface area contributed by atoms with Crippen molar-refractivity contribution in [3.63, 3.8) is 0 Å². The number of rotatable bonds is 5. The Kier molecular flexibility index (Phi) is 7.66. The lowest BCUT2D eigenvalue weighted by Crippen LogP contribution is -2.02. The molecule has 2 aromatic heterocycles. The first-order valence-electron chi connectivity index (χ1n) is 18.8. The van der Waals surface area contributed by atoms with Crippen LogP contribution in [0.25, 0.3) is 93.2 Å². The molecule has 0 unspecified atom stereocenters. The Morgan fingerprint density at radius 3 is 1.68 bits per heavy atom. The summed E-state index contributed by atoms with van der Waals surface area (Å²) in [5.41, 5.74) is 16.0. The molecule has 0 aliphatic carbocycles. The zero-order valence-corrected chi connectivity index (χ0v) is 31.0. The van der Waals surface area contributed by atoms with Gasteiger partial charge in [0.05, 0.1) is 46.0 Å². The highest BCUT2D eigenvalue weighted by atomic mass is 15.0. The molecule has 56 heavy (non-hydrogen) atoms. The van der Waals surface area contributed by atoms with E-state index in [0.717, 1.165) is 88.4 Å². The van der Waals surface area contributed by atoms with Gasteiger partial charge < -0.3 is 9.13 Å². The van der Waals surface area contributed by atoms with Crippen molar-refractivity contribution >= 4 is 49.3 Å². The SMILES string of the molecule is [C-]#[N+]c1ccc(C#N)cc1-c1cc(-n2c3ccc(-c4ccccc4)cc3c3cc(-c4ccccc4)ccc32)cc2c3ccccc3n(-c3c(C)cccc3C)c12. The first-order valence-corrected chi connectivity index (χ1v) is 18.8. The van der Waals surface area contributed by atoms with Crippen LogP contribution in [0, 0.1) is 31.8 Å². The first kappa shape index (κ1) is 32.9. The number of aryl methyl sites for hydroxylation is 2. The van der Waals surface area contributed by atoms with E-state index in [1.54, 1.807) is 12.1 Å². The van der Waals surface area contributed by atoms with Crippen LogP contribution < -0.4 is 0 Å². The van der Waals surface area contributed by atoms with Gasteiger partial charge in [-0.25, -0.2) is 4.85 Å². The summed E-state index contributed by atoms with van der Waals surface area (Å²) in [6.07, 6.45) is 0. The molecule has 0 fully saturated rings. The lowest BCUT2D eigenvalue weighted by molar-refractivity contribution is 1.12. The fourth-order valence-electron chi connectivity index (χ4n) is 8.65. The Hall–Kier alpha value is -7.66. The molecule has 10 aromatic rings. The van der Waals surface area contributed by atoms with Crippen molar-refractivity contribution in [2.75, 3.05) is 0 Å². The number of aromatic nitrogens is 2. The van der Waals surface area contributed by atoms with Gasteiger partial charge in [0.2, 0.25) is 0 Å². The van der Waals surface area contributed by atoms with Gasteiger partial charge >= 0.3 is 0 Å². The van der Waals surface area contributed by atoms with Crippen LogP contribution in [-0.4, -0.2) is 9.13 Å². The van der Waals surface area contributed by atoms with Crippen molar-refractivity contribution in [3.05, 3.63) is 198 Å². The molecule has 0 N–H and O–H groups in total. The highest BCUT2D eigenvalue weighted by molar-refractivity contribution is 6.17. The molecule has 0 atom stereocenters. The largest absolute Gasteiger partial charge is 0.309 e. The number of fused-ring (bicyclic) bond motifs is 6. The van der Waals surface area contributed by atoms with Crippen molar-refractivity contribution < 1.29 is 0 Å². The minimum Gasteiger partial charge on any atom is -0.309 e. The molecule has 10 rings (SSSR count). The fraction of sp³-hybridized carbons (Fsp3) is 0.0385. The number of nitrogens with zero attached hydrogens (tertiary/aromatic N) is 4. The van der Waals surface area contributed by atoms with Gasteiger partial charge in [0.15, 0.2) is 5.69 Å². The smallest absolute Gasteiger partial charge is 0.195 e. The lowest BCUT2D eigenvalue weighted by Gasteiger charge is -2.18. The summed E-state index contributed by atoms with van der Waals surface area (Å²) in [6, 6.07) is 61.9. The van der Waals surface area contributed by atoms with E-state index < -0.39 is 0 Å². The van der Waals surface area contributed by atoms with Crippen molar-refractivity contribution in [1.82, 2.24) is 9.13 Å². The molecule has 262 valence electrons. The van der Waals surface area contributed by atoms with Crippen LogP contribution in [0.4, 0.5) is 5.69 Å². The van der Waals surface area contributed by atoms with E-state index in [4.69, 9.17) is 6.57 Å². The summed E-state index contributed by atoms with van der Waals surface area (Å²) in [6.45, 7) is 12.6. The Labute approximate surface area is 325 Å². The standard InChI is InChI=1S/C52H34N4/c1-33-13-12-14-34(2)51(33)56-48-20-11-10-19-41(48)45-30-40(31-46(52(45)56)42-27-35(32-53)21-24-47(42)54-3)55-49-25-22-38(36-15-6-4-7-16-36)28-43(49)44-29-39(23-26-50(44)55)37-17-8-5-9-18-37/h4-31H,1-2H3. The summed E-state index contributed by atoms with van der Waals surface area (Å²) < 4.78 is 4.74. The highest BCUT2D eigenvalue weighted by Crippen LogP contribution is 2.45. The third-order valence-corrected chi connectivity index (χ3v) is 11.2. The summed E-state index contributed by atoms with van der Waals surface area (Å²) in [5.74, 6) is 0. The number of nitriles is 1. The van der Waals surface area contributed by atoms with E-state index in [2.05, 4.69) is 186 Å². The Balaban J connectivity index is 1.36. The number of para-hydroxylation sites is 2. The summed E-state index contributed by atoms with van der Waals surface area (Å²) in [5, 5.41) is 14.6. The van der Waals surface area contributed by atoms with Gasteiger partial charge in [0.1, 0.15) is 0 Å². The molecule has 4 heteroatoms. The van der Waals surface area contributed by atoms with Crippen LogP contribution in [0.3, 0.4) is 0 Å². The molecule has 0 saturated heterocycles. The predicted octanol–water partition coefficient (Wildman–Crippen LogP) is 13.9. The van der Waals surface area contributed by atoms with Crippen LogP contribution in [-0.2, 0) is 0 Å². The quantitative estimate of drug-likeness (QED) is 0.164. The molecule has 8 aromatic carbocycles. The second kappa shape index (κ2) is 13.0. The first-order chi connectivity index (χ1) is 27.5. The third kappa shape index (κ3) is 5.12. The Bertz CT molecular complexity index is 3160. The van der Waals surface area contributed by atoms with Gasteiger partial charge in [-0.3, -0.25) is 0 Å². The second-order valence-corrected chi connectivity index (χ2v) is 14.5. The van der Waals surface area contributed by atoms with Crippen molar-refractivity contribution in [3.8, 4) is 50.8 Å². The lowest BCUT2D eigenvalue weighted by atomic mass is 9.97. The van der Waals surface area contributed by atoms with Gasteiger partial charge in [0, 0.05) is 27.2 Å². The molecular weight excluding hydrogens is 681 g/mol. The maximum atomic E-state index is 10.1. The maximum absolute atomic E-state index is 10.1. The van der Waals surface area contributed by atoms with E-state index in [1.165, 1.54) is 11.1 Å².